The Morgan fingerprint density at radius 3 is 2.36 bits per heavy atom. The topological polar surface area (TPSA) is 55.3 Å². The van der Waals surface area contributed by atoms with Gasteiger partial charge in [0.1, 0.15) is 0 Å². The van der Waals surface area contributed by atoms with E-state index in [0.29, 0.717) is 11.4 Å². The monoisotopic (exact) mass is 297 g/mol. The molecule has 0 aliphatic carbocycles. The summed E-state index contributed by atoms with van der Waals surface area (Å²) in [6.07, 6.45) is 5.76. The van der Waals surface area contributed by atoms with Crippen LogP contribution in [0.15, 0.2) is 66.0 Å². The van der Waals surface area contributed by atoms with Crippen molar-refractivity contribution in [2.24, 2.45) is 11.5 Å². The number of likely N-dealkylation sites (N-methyl/N-ethyl adjacent to an activating group) is 1. The molecule has 1 aliphatic rings. The van der Waals surface area contributed by atoms with E-state index in [2.05, 4.69) is 17.5 Å². The van der Waals surface area contributed by atoms with Crippen molar-refractivity contribution in [3.8, 4) is 0 Å². The van der Waals surface area contributed by atoms with Crippen LogP contribution < -0.4 is 11.5 Å². The van der Waals surface area contributed by atoms with Gasteiger partial charge in [-0.25, -0.2) is 0 Å². The van der Waals surface area contributed by atoms with E-state index < -0.39 is 0 Å². The summed E-state index contributed by atoms with van der Waals surface area (Å²) in [4.78, 5) is 2.14. The second-order valence-electron chi connectivity index (χ2n) is 4.84. The maximum atomic E-state index is 6.29. The van der Waals surface area contributed by atoms with Crippen LogP contribution in [-0.2, 0) is 6.54 Å². The molecule has 0 aromatic heterocycles. The Morgan fingerprint density at radius 1 is 1.14 bits per heavy atom. The van der Waals surface area contributed by atoms with E-state index in [0.717, 1.165) is 28.9 Å². The molecular formula is C19H27N3. The molecule has 1 aromatic carbocycles. The Hall–Kier alpha value is -2.42. The summed E-state index contributed by atoms with van der Waals surface area (Å²) in [5.74, 6) is 0. The van der Waals surface area contributed by atoms with Crippen molar-refractivity contribution in [2.75, 3.05) is 7.05 Å². The standard InChI is InChI=1S/C17H21N3.C2H6/c1-4-8-14-15(5-2)20(3)11-12-9-6-7-10-13(12)16(18)17(14)19;1-2/h4-10H,2,11,18-19H2,1,3H3;1-2H3/b8-4-,15-14-,17-16-;. The summed E-state index contributed by atoms with van der Waals surface area (Å²) >= 11 is 0. The van der Waals surface area contributed by atoms with Gasteiger partial charge in [-0.3, -0.25) is 0 Å². The summed E-state index contributed by atoms with van der Waals surface area (Å²) in [7, 11) is 2.03. The Morgan fingerprint density at radius 2 is 1.77 bits per heavy atom. The zero-order valence-electron chi connectivity index (χ0n) is 14.1. The molecular weight excluding hydrogens is 270 g/mol. The Balaban J connectivity index is 0.00000116. The molecule has 3 nitrogen and oxygen atoms in total. The smallest absolute Gasteiger partial charge is 0.0648 e. The fraction of sp³-hybridized carbons (Fsp3) is 0.263. The van der Waals surface area contributed by atoms with Crippen LogP contribution in [0.5, 0.6) is 0 Å². The number of benzene rings is 1. The number of nitrogens with two attached hydrogens (primary N) is 2. The molecule has 1 aliphatic heterocycles. The zero-order chi connectivity index (χ0) is 16.7. The van der Waals surface area contributed by atoms with Crippen LogP contribution in [0.4, 0.5) is 0 Å². The molecule has 0 fully saturated rings. The van der Waals surface area contributed by atoms with Gasteiger partial charge in [0, 0.05) is 30.4 Å². The van der Waals surface area contributed by atoms with Crippen molar-refractivity contribution < 1.29 is 0 Å². The number of hydrogen-bond donors (Lipinski definition) is 2. The number of nitrogens with zero attached hydrogens (tertiary/aromatic N) is 1. The summed E-state index contributed by atoms with van der Waals surface area (Å²) in [5.41, 5.74) is 17.9. The van der Waals surface area contributed by atoms with Crippen molar-refractivity contribution >= 4 is 5.70 Å². The summed E-state index contributed by atoms with van der Waals surface area (Å²) in [6.45, 7) is 10.6. The number of allylic oxidation sites excluding steroid dienone is 3. The van der Waals surface area contributed by atoms with Gasteiger partial charge in [0.2, 0.25) is 0 Å². The minimum Gasteiger partial charge on any atom is -0.397 e. The van der Waals surface area contributed by atoms with Crippen LogP contribution >= 0.6 is 0 Å². The third-order valence-corrected chi connectivity index (χ3v) is 3.51. The zero-order valence-corrected chi connectivity index (χ0v) is 14.1. The largest absolute Gasteiger partial charge is 0.397 e. The third-order valence-electron chi connectivity index (χ3n) is 3.51. The van der Waals surface area contributed by atoms with Gasteiger partial charge in [0.05, 0.1) is 11.4 Å². The lowest BCUT2D eigenvalue weighted by atomic mass is 9.96. The van der Waals surface area contributed by atoms with Gasteiger partial charge < -0.3 is 16.4 Å². The molecule has 0 bridgehead atoms. The fourth-order valence-corrected chi connectivity index (χ4v) is 2.50. The third kappa shape index (κ3) is 3.42. The highest BCUT2D eigenvalue weighted by Crippen LogP contribution is 2.28. The average molecular weight is 297 g/mol. The van der Waals surface area contributed by atoms with E-state index in [4.69, 9.17) is 11.5 Å². The quantitative estimate of drug-likeness (QED) is 0.874. The molecule has 22 heavy (non-hydrogen) atoms. The van der Waals surface area contributed by atoms with Crippen molar-refractivity contribution in [1.82, 2.24) is 4.90 Å². The normalized spacial score (nSPS) is 21.5. The molecule has 0 radical (unpaired) electrons. The first kappa shape index (κ1) is 17.6. The summed E-state index contributed by atoms with van der Waals surface area (Å²) in [6, 6.07) is 8.08. The Kier molecular flexibility index (Phi) is 6.51. The molecule has 2 rings (SSSR count). The molecule has 1 heterocycles. The van der Waals surface area contributed by atoms with Crippen molar-refractivity contribution in [1.29, 1.82) is 0 Å². The summed E-state index contributed by atoms with van der Waals surface area (Å²) < 4.78 is 0. The minimum absolute atomic E-state index is 0.594. The maximum absolute atomic E-state index is 6.29. The predicted molar refractivity (Wildman–Crippen MR) is 96.6 cm³/mol. The molecule has 0 saturated heterocycles. The van der Waals surface area contributed by atoms with E-state index in [9.17, 15) is 0 Å². The number of fused-ring (bicyclic) bond motifs is 1. The molecule has 0 saturated carbocycles. The van der Waals surface area contributed by atoms with Gasteiger partial charge in [0.15, 0.2) is 0 Å². The van der Waals surface area contributed by atoms with Gasteiger partial charge in [-0.05, 0) is 18.6 Å². The first-order valence-corrected chi connectivity index (χ1v) is 7.64. The van der Waals surface area contributed by atoms with Crippen LogP contribution in [-0.4, -0.2) is 11.9 Å². The lowest BCUT2D eigenvalue weighted by Gasteiger charge is -2.27. The molecule has 0 atom stereocenters. The van der Waals surface area contributed by atoms with E-state index in [1.807, 2.05) is 64.2 Å². The highest BCUT2D eigenvalue weighted by Gasteiger charge is 2.18. The van der Waals surface area contributed by atoms with Crippen LogP contribution in [0, 0.1) is 0 Å². The minimum atomic E-state index is 0.594. The van der Waals surface area contributed by atoms with Crippen molar-refractivity contribution in [2.45, 2.75) is 27.3 Å². The molecule has 0 unspecified atom stereocenters. The molecule has 4 N–H and O–H groups in total. The van der Waals surface area contributed by atoms with Gasteiger partial charge in [-0.2, -0.15) is 0 Å². The average Bonchev–Trinajstić information content (AvgIpc) is 2.55. The lowest BCUT2D eigenvalue weighted by Crippen LogP contribution is -2.24. The number of hydrogen-bond acceptors (Lipinski definition) is 3. The van der Waals surface area contributed by atoms with E-state index in [1.165, 1.54) is 0 Å². The van der Waals surface area contributed by atoms with E-state index in [1.54, 1.807) is 0 Å². The predicted octanol–water partition coefficient (Wildman–Crippen LogP) is 3.76. The van der Waals surface area contributed by atoms with Gasteiger partial charge in [-0.1, -0.05) is 56.8 Å². The maximum Gasteiger partial charge on any atom is 0.0648 e. The first-order chi connectivity index (χ1) is 10.6. The van der Waals surface area contributed by atoms with E-state index >= 15 is 0 Å². The van der Waals surface area contributed by atoms with Gasteiger partial charge >= 0.3 is 0 Å². The lowest BCUT2D eigenvalue weighted by molar-refractivity contribution is 0.420. The highest BCUT2D eigenvalue weighted by atomic mass is 15.1. The SMILES string of the molecule is C=C/C1=C(\C=C/C)C(/N)=C(/N)c2ccccc2CN1C.CC. The second-order valence-corrected chi connectivity index (χ2v) is 4.84. The van der Waals surface area contributed by atoms with Crippen molar-refractivity contribution in [3.63, 3.8) is 0 Å². The molecule has 0 spiro atoms. The van der Waals surface area contributed by atoms with Crippen LogP contribution in [0.1, 0.15) is 31.9 Å². The van der Waals surface area contributed by atoms with Crippen LogP contribution in [0.2, 0.25) is 0 Å². The summed E-state index contributed by atoms with van der Waals surface area (Å²) in [5, 5.41) is 0. The van der Waals surface area contributed by atoms with Crippen LogP contribution in [0.3, 0.4) is 0 Å². The fourth-order valence-electron chi connectivity index (χ4n) is 2.50. The Labute approximate surface area is 134 Å². The molecule has 0 amide bonds. The number of rotatable bonds is 2. The van der Waals surface area contributed by atoms with E-state index in [-0.39, 0.29) is 0 Å². The van der Waals surface area contributed by atoms with Gasteiger partial charge in [0.25, 0.3) is 0 Å². The second kappa shape index (κ2) is 8.13. The highest BCUT2D eigenvalue weighted by molar-refractivity contribution is 5.73. The first-order valence-electron chi connectivity index (χ1n) is 7.64. The molecule has 3 heteroatoms. The van der Waals surface area contributed by atoms with Crippen LogP contribution in [0.25, 0.3) is 5.70 Å². The Bertz CT molecular complexity index is 621. The molecule has 1 aromatic rings. The molecule has 118 valence electrons. The van der Waals surface area contributed by atoms with Crippen molar-refractivity contribution in [3.05, 3.63) is 77.2 Å². The van der Waals surface area contributed by atoms with Gasteiger partial charge in [-0.15, -0.1) is 0 Å².